The van der Waals surface area contributed by atoms with Crippen molar-refractivity contribution in [1.82, 2.24) is 4.98 Å². The van der Waals surface area contributed by atoms with Crippen LogP contribution < -0.4 is 5.32 Å². The molecule has 112 valence electrons. The van der Waals surface area contributed by atoms with Gasteiger partial charge < -0.3 is 10.4 Å². The number of carbonyl (C=O) groups is 1. The lowest BCUT2D eigenvalue weighted by molar-refractivity contribution is -0.392. The van der Waals surface area contributed by atoms with Gasteiger partial charge in [0.25, 0.3) is 0 Å². The van der Waals surface area contributed by atoms with Gasteiger partial charge in [-0.25, -0.2) is 4.79 Å². The molecular weight excluding hydrogens is 296 g/mol. The average molecular weight is 304 g/mol. The zero-order valence-corrected chi connectivity index (χ0v) is 10.8. The number of rotatable bonds is 5. The van der Waals surface area contributed by atoms with Crippen LogP contribution in [0.3, 0.4) is 0 Å². The van der Waals surface area contributed by atoms with Crippen LogP contribution in [0.2, 0.25) is 0 Å². The van der Waals surface area contributed by atoms with Crippen molar-refractivity contribution in [3.05, 3.63) is 62.5 Å². The molecule has 2 rings (SSSR count). The van der Waals surface area contributed by atoms with Gasteiger partial charge in [0.2, 0.25) is 0 Å². The number of nitro groups is 2. The number of nitrogens with one attached hydrogen (secondary N) is 1. The van der Waals surface area contributed by atoms with Gasteiger partial charge in [0.1, 0.15) is 12.4 Å². The summed E-state index contributed by atoms with van der Waals surface area (Å²) in [6.45, 7) is 0. The number of pyridine rings is 1. The highest BCUT2D eigenvalue weighted by Crippen LogP contribution is 2.35. The lowest BCUT2D eigenvalue weighted by Gasteiger charge is -2.08. The first kappa shape index (κ1) is 14.8. The number of aromatic nitrogens is 1. The molecule has 1 aromatic heterocycles. The monoisotopic (exact) mass is 304 g/mol. The molecule has 10 heteroatoms. The fourth-order valence-corrected chi connectivity index (χ4v) is 1.72. The van der Waals surface area contributed by atoms with E-state index in [1.165, 1.54) is 24.3 Å². The largest absolute Gasteiger partial charge is 0.478 e. The summed E-state index contributed by atoms with van der Waals surface area (Å²) in [4.78, 5) is 34.7. The van der Waals surface area contributed by atoms with E-state index in [1.54, 1.807) is 0 Å². The summed E-state index contributed by atoms with van der Waals surface area (Å²) in [7, 11) is 0. The summed E-state index contributed by atoms with van der Waals surface area (Å²) in [6.07, 6.45) is 1.74. The van der Waals surface area contributed by atoms with E-state index >= 15 is 0 Å². The van der Waals surface area contributed by atoms with E-state index in [-0.39, 0.29) is 16.9 Å². The second kappa shape index (κ2) is 5.83. The standard InChI is InChI=1S/C12H8N4O6/c17-12(18)7-2-1-3-8(4-7)14-11-9(15(19)20)5-13-6-10(11)16(21)22/h1-6H,(H,13,14)(H,17,18). The van der Waals surface area contributed by atoms with Crippen LogP contribution >= 0.6 is 0 Å². The Bertz CT molecular complexity index is 744. The second-order valence-electron chi connectivity index (χ2n) is 4.08. The van der Waals surface area contributed by atoms with Crippen LogP contribution in [0.5, 0.6) is 0 Å². The maximum absolute atomic E-state index is 11.0. The summed E-state index contributed by atoms with van der Waals surface area (Å²) in [5.41, 5.74) is -1.45. The smallest absolute Gasteiger partial charge is 0.335 e. The summed E-state index contributed by atoms with van der Waals surface area (Å²) in [5.74, 6) is -1.19. The molecule has 0 spiro atoms. The Morgan fingerprint density at radius 2 is 1.73 bits per heavy atom. The normalized spacial score (nSPS) is 10.0. The Morgan fingerprint density at radius 3 is 2.23 bits per heavy atom. The third-order valence-corrected chi connectivity index (χ3v) is 2.68. The highest BCUT2D eigenvalue weighted by Gasteiger charge is 2.26. The Hall–Kier alpha value is -3.56. The molecule has 0 atom stereocenters. The molecule has 0 fully saturated rings. The van der Waals surface area contributed by atoms with Gasteiger partial charge >= 0.3 is 17.3 Å². The predicted octanol–water partition coefficient (Wildman–Crippen LogP) is 2.34. The number of hydrogen-bond acceptors (Lipinski definition) is 7. The number of nitrogens with zero attached hydrogens (tertiary/aromatic N) is 3. The Morgan fingerprint density at radius 1 is 1.14 bits per heavy atom. The van der Waals surface area contributed by atoms with E-state index in [1.807, 2.05) is 0 Å². The van der Waals surface area contributed by atoms with Crippen molar-refractivity contribution in [3.8, 4) is 0 Å². The van der Waals surface area contributed by atoms with Crippen molar-refractivity contribution >= 4 is 28.7 Å². The molecule has 2 aromatic rings. The van der Waals surface area contributed by atoms with E-state index in [4.69, 9.17) is 5.11 Å². The molecule has 0 unspecified atom stereocenters. The molecule has 0 radical (unpaired) electrons. The van der Waals surface area contributed by atoms with Gasteiger partial charge in [-0.05, 0) is 18.2 Å². The van der Waals surface area contributed by atoms with Crippen LogP contribution in [0.15, 0.2) is 36.7 Å². The Kier molecular flexibility index (Phi) is 3.93. The van der Waals surface area contributed by atoms with Crippen molar-refractivity contribution in [2.24, 2.45) is 0 Å². The fraction of sp³-hybridized carbons (Fsp3) is 0. The maximum Gasteiger partial charge on any atom is 0.335 e. The van der Waals surface area contributed by atoms with E-state index < -0.39 is 27.2 Å². The minimum atomic E-state index is -1.19. The second-order valence-corrected chi connectivity index (χ2v) is 4.08. The Balaban J connectivity index is 2.52. The highest BCUT2D eigenvalue weighted by molar-refractivity contribution is 5.89. The minimum absolute atomic E-state index is 0.0654. The molecule has 0 amide bonds. The number of carboxylic acids is 1. The number of benzene rings is 1. The first-order chi connectivity index (χ1) is 10.4. The molecule has 0 aliphatic carbocycles. The number of hydrogen-bond donors (Lipinski definition) is 2. The lowest BCUT2D eigenvalue weighted by atomic mass is 10.2. The third kappa shape index (κ3) is 2.95. The summed E-state index contributed by atoms with van der Waals surface area (Å²) < 4.78 is 0. The molecule has 10 nitrogen and oxygen atoms in total. The van der Waals surface area contributed by atoms with E-state index in [0.717, 1.165) is 12.4 Å². The van der Waals surface area contributed by atoms with E-state index in [0.29, 0.717) is 0 Å². The maximum atomic E-state index is 11.0. The van der Waals surface area contributed by atoms with Crippen LogP contribution in [0, 0.1) is 20.2 Å². The molecular formula is C12H8N4O6. The molecule has 0 saturated carbocycles. The van der Waals surface area contributed by atoms with Crippen LogP contribution in [0.4, 0.5) is 22.7 Å². The Labute approximate surface area is 122 Å². The van der Waals surface area contributed by atoms with Crippen LogP contribution in [-0.2, 0) is 0 Å². The average Bonchev–Trinajstić information content (AvgIpc) is 2.47. The summed E-state index contributed by atoms with van der Waals surface area (Å²) in [5, 5.41) is 33.4. The van der Waals surface area contributed by atoms with Gasteiger partial charge in [0.05, 0.1) is 15.4 Å². The molecule has 0 saturated heterocycles. The van der Waals surface area contributed by atoms with Gasteiger partial charge in [0.15, 0.2) is 5.69 Å². The molecule has 1 aromatic carbocycles. The molecule has 0 aliphatic heterocycles. The van der Waals surface area contributed by atoms with Gasteiger partial charge in [-0.2, -0.15) is 0 Å². The van der Waals surface area contributed by atoms with Crippen LogP contribution in [0.25, 0.3) is 0 Å². The van der Waals surface area contributed by atoms with Gasteiger partial charge in [-0.1, -0.05) is 6.07 Å². The molecule has 2 N–H and O–H groups in total. The van der Waals surface area contributed by atoms with Gasteiger partial charge in [-0.3, -0.25) is 25.2 Å². The zero-order valence-electron chi connectivity index (χ0n) is 10.8. The quantitative estimate of drug-likeness (QED) is 0.631. The molecule has 0 aliphatic rings. The minimum Gasteiger partial charge on any atom is -0.478 e. The van der Waals surface area contributed by atoms with Crippen molar-refractivity contribution in [2.45, 2.75) is 0 Å². The molecule has 0 bridgehead atoms. The van der Waals surface area contributed by atoms with Crippen molar-refractivity contribution in [1.29, 1.82) is 0 Å². The topological polar surface area (TPSA) is 148 Å². The van der Waals surface area contributed by atoms with E-state index in [9.17, 15) is 25.0 Å². The molecule has 1 heterocycles. The number of aromatic carboxylic acids is 1. The fourth-order valence-electron chi connectivity index (χ4n) is 1.72. The van der Waals surface area contributed by atoms with Crippen molar-refractivity contribution in [2.75, 3.05) is 5.32 Å². The molecule has 22 heavy (non-hydrogen) atoms. The van der Waals surface area contributed by atoms with Gasteiger partial charge in [-0.15, -0.1) is 0 Å². The first-order valence-electron chi connectivity index (χ1n) is 5.77. The number of anilines is 2. The number of carboxylic acid groups (broad SMARTS) is 1. The van der Waals surface area contributed by atoms with Crippen molar-refractivity contribution in [3.63, 3.8) is 0 Å². The summed E-state index contributed by atoms with van der Waals surface area (Å²) in [6, 6.07) is 5.37. The third-order valence-electron chi connectivity index (χ3n) is 2.68. The van der Waals surface area contributed by atoms with Crippen LogP contribution in [-0.4, -0.2) is 25.9 Å². The predicted molar refractivity (Wildman–Crippen MR) is 74.2 cm³/mol. The van der Waals surface area contributed by atoms with Gasteiger partial charge in [0, 0.05) is 5.69 Å². The van der Waals surface area contributed by atoms with E-state index in [2.05, 4.69) is 10.3 Å². The van der Waals surface area contributed by atoms with Crippen LogP contribution in [0.1, 0.15) is 10.4 Å². The first-order valence-corrected chi connectivity index (χ1v) is 5.77. The van der Waals surface area contributed by atoms with Crippen molar-refractivity contribution < 1.29 is 19.7 Å². The summed E-state index contributed by atoms with van der Waals surface area (Å²) >= 11 is 0. The lowest BCUT2D eigenvalue weighted by Crippen LogP contribution is -2.03. The zero-order chi connectivity index (χ0) is 16.3. The highest BCUT2D eigenvalue weighted by atomic mass is 16.6. The SMILES string of the molecule is O=C(O)c1cccc(Nc2c([N+](=O)[O-])cncc2[N+](=O)[O-])c1.